The van der Waals surface area contributed by atoms with Gasteiger partial charge in [-0.15, -0.1) is 0 Å². The van der Waals surface area contributed by atoms with E-state index in [0.29, 0.717) is 17.9 Å². The van der Waals surface area contributed by atoms with Gasteiger partial charge in [-0.1, -0.05) is 11.6 Å². The number of carbonyl (C=O) groups excluding carboxylic acids is 1. The van der Waals surface area contributed by atoms with Gasteiger partial charge < -0.3 is 9.64 Å². The van der Waals surface area contributed by atoms with E-state index in [4.69, 9.17) is 16.3 Å². The van der Waals surface area contributed by atoms with Gasteiger partial charge in [0.25, 0.3) is 0 Å². The van der Waals surface area contributed by atoms with Crippen LogP contribution in [0.2, 0.25) is 5.02 Å². The quantitative estimate of drug-likeness (QED) is 0.603. The Morgan fingerprint density at radius 2 is 1.74 bits per heavy atom. The van der Waals surface area contributed by atoms with Gasteiger partial charge >= 0.3 is 6.09 Å². The average molecular weight is 472 g/mol. The molecule has 0 N–H and O–H groups in total. The van der Waals surface area contributed by atoms with Gasteiger partial charge in [0.2, 0.25) is 0 Å². The molecule has 1 aliphatic carbocycles. The molecule has 0 spiro atoms. The first-order valence-corrected chi connectivity index (χ1v) is 11.7. The topological polar surface area (TPSA) is 63.7 Å². The summed E-state index contributed by atoms with van der Waals surface area (Å²) in [6.45, 7) is 0.139. The lowest BCUT2D eigenvalue weighted by Gasteiger charge is -2.40. The van der Waals surface area contributed by atoms with Crippen molar-refractivity contribution in [2.45, 2.75) is 35.3 Å². The number of nitrogens with zero attached hydrogens (tertiary/aromatic N) is 1. The van der Waals surface area contributed by atoms with E-state index in [1.54, 1.807) is 14.1 Å². The highest BCUT2D eigenvalue weighted by Crippen LogP contribution is 2.49. The predicted octanol–water partition coefficient (Wildman–Crippen LogP) is 5.18. The summed E-state index contributed by atoms with van der Waals surface area (Å²) in [5.41, 5.74) is -0.175. The zero-order chi connectivity index (χ0) is 22.8. The lowest BCUT2D eigenvalue weighted by molar-refractivity contribution is 0.0892. The standard InChI is InChI=1S/C22H24ClF2NO4S/c1-26(2)21(27)30-14-15-9-11-22(12-10-15,19-13-17(24)5-8-20(19)25)31(28,29)18-6-3-16(23)4-7-18/h3-8,13,15H,9-12,14H2,1-2H3/t15-,22+. The fraction of sp³-hybridized carbons (Fsp3) is 0.409. The van der Waals surface area contributed by atoms with Crippen molar-refractivity contribution in [3.05, 3.63) is 64.7 Å². The molecule has 1 amide bonds. The molecular weight excluding hydrogens is 448 g/mol. The fourth-order valence-corrected chi connectivity index (χ4v) is 6.29. The van der Waals surface area contributed by atoms with Crippen LogP contribution in [0.25, 0.3) is 0 Å². The van der Waals surface area contributed by atoms with Gasteiger partial charge in [-0.2, -0.15) is 0 Å². The third kappa shape index (κ3) is 4.70. The molecule has 0 aromatic heterocycles. The summed E-state index contributed by atoms with van der Waals surface area (Å²) in [6.07, 6.45) is 0.416. The van der Waals surface area contributed by atoms with Gasteiger partial charge in [0.1, 0.15) is 16.4 Å². The maximum atomic E-state index is 14.8. The van der Waals surface area contributed by atoms with Crippen molar-refractivity contribution in [2.24, 2.45) is 5.92 Å². The van der Waals surface area contributed by atoms with E-state index in [1.165, 1.54) is 29.2 Å². The Bertz CT molecular complexity index is 1050. The van der Waals surface area contributed by atoms with E-state index in [1.807, 2.05) is 0 Å². The number of sulfone groups is 1. The molecule has 0 aliphatic heterocycles. The number of benzene rings is 2. The van der Waals surface area contributed by atoms with Crippen molar-refractivity contribution in [1.29, 1.82) is 0 Å². The van der Waals surface area contributed by atoms with Crippen LogP contribution in [0.3, 0.4) is 0 Å². The molecule has 0 bridgehead atoms. The zero-order valence-corrected chi connectivity index (χ0v) is 18.8. The second kappa shape index (κ2) is 9.12. The minimum Gasteiger partial charge on any atom is -0.449 e. The van der Waals surface area contributed by atoms with E-state index < -0.39 is 32.3 Å². The molecule has 9 heteroatoms. The summed E-state index contributed by atoms with van der Waals surface area (Å²) < 4.78 is 59.9. The summed E-state index contributed by atoms with van der Waals surface area (Å²) in [6, 6.07) is 8.55. The molecule has 2 aromatic rings. The van der Waals surface area contributed by atoms with Crippen molar-refractivity contribution in [2.75, 3.05) is 20.7 Å². The highest BCUT2D eigenvalue weighted by Gasteiger charge is 2.50. The minimum atomic E-state index is -4.08. The van der Waals surface area contributed by atoms with Crippen LogP contribution in [-0.4, -0.2) is 40.1 Å². The largest absolute Gasteiger partial charge is 0.449 e. The van der Waals surface area contributed by atoms with Crippen LogP contribution in [-0.2, 0) is 19.3 Å². The molecule has 0 atom stereocenters. The molecule has 3 rings (SSSR count). The monoisotopic (exact) mass is 471 g/mol. The Morgan fingerprint density at radius 1 is 1.13 bits per heavy atom. The second-order valence-electron chi connectivity index (χ2n) is 7.99. The van der Waals surface area contributed by atoms with Crippen LogP contribution in [0.5, 0.6) is 0 Å². The van der Waals surface area contributed by atoms with E-state index in [2.05, 4.69) is 0 Å². The number of hydrogen-bond acceptors (Lipinski definition) is 4. The molecule has 0 saturated heterocycles. The van der Waals surface area contributed by atoms with Gasteiger partial charge in [0.15, 0.2) is 9.84 Å². The number of rotatable bonds is 5. The second-order valence-corrected chi connectivity index (χ2v) is 10.7. The molecule has 0 radical (unpaired) electrons. The zero-order valence-electron chi connectivity index (χ0n) is 17.3. The van der Waals surface area contributed by atoms with Gasteiger partial charge in [-0.25, -0.2) is 22.0 Å². The third-order valence-electron chi connectivity index (χ3n) is 5.78. The summed E-state index contributed by atoms with van der Waals surface area (Å²) in [4.78, 5) is 13.0. The number of ether oxygens (including phenoxy) is 1. The van der Waals surface area contributed by atoms with Crippen molar-refractivity contribution in [3.8, 4) is 0 Å². The van der Waals surface area contributed by atoms with Crippen molar-refractivity contribution in [3.63, 3.8) is 0 Å². The summed E-state index contributed by atoms with van der Waals surface area (Å²) >= 11 is 5.90. The molecule has 168 valence electrons. The highest BCUT2D eigenvalue weighted by atomic mass is 35.5. The Hall–Kier alpha value is -2.19. The number of halogens is 3. The van der Waals surface area contributed by atoms with Crippen LogP contribution in [0.4, 0.5) is 13.6 Å². The number of amides is 1. The first-order chi connectivity index (χ1) is 14.6. The smallest absolute Gasteiger partial charge is 0.409 e. The molecular formula is C22H24ClF2NO4S. The molecule has 5 nitrogen and oxygen atoms in total. The highest BCUT2D eigenvalue weighted by molar-refractivity contribution is 7.92. The Labute approximate surface area is 185 Å². The lowest BCUT2D eigenvalue weighted by atomic mass is 9.78. The summed E-state index contributed by atoms with van der Waals surface area (Å²) in [5, 5.41) is 0.372. The SMILES string of the molecule is CN(C)C(=O)OC[C@H]1CC[C@@](c2cc(F)ccc2F)(S(=O)(=O)c2ccc(Cl)cc2)CC1. The predicted molar refractivity (Wildman–Crippen MR) is 114 cm³/mol. The van der Waals surface area contributed by atoms with Crippen LogP contribution >= 0.6 is 11.6 Å². The van der Waals surface area contributed by atoms with Gasteiger partial charge in [0.05, 0.1) is 11.5 Å². The maximum Gasteiger partial charge on any atom is 0.409 e. The maximum absolute atomic E-state index is 14.8. The van der Waals surface area contributed by atoms with Crippen molar-refractivity contribution in [1.82, 2.24) is 4.90 Å². The molecule has 2 aromatic carbocycles. The summed E-state index contributed by atoms with van der Waals surface area (Å²) in [5.74, 6) is -1.55. The minimum absolute atomic E-state index is 0.00181. The molecule has 1 fully saturated rings. The Kier molecular flexibility index (Phi) is 6.91. The van der Waals surface area contributed by atoms with E-state index >= 15 is 0 Å². The fourth-order valence-electron chi connectivity index (χ4n) is 4.00. The normalized spacial score (nSPS) is 21.5. The van der Waals surface area contributed by atoms with Crippen LogP contribution in [0, 0.1) is 17.6 Å². The number of hydrogen-bond donors (Lipinski definition) is 0. The van der Waals surface area contributed by atoms with Crippen molar-refractivity contribution >= 4 is 27.5 Å². The van der Waals surface area contributed by atoms with Gasteiger partial charge in [0, 0.05) is 24.7 Å². The van der Waals surface area contributed by atoms with E-state index in [9.17, 15) is 22.0 Å². The number of carbonyl (C=O) groups is 1. The third-order valence-corrected chi connectivity index (χ3v) is 8.58. The van der Waals surface area contributed by atoms with Gasteiger partial charge in [-0.3, -0.25) is 0 Å². The van der Waals surface area contributed by atoms with Crippen LogP contribution in [0.1, 0.15) is 31.2 Å². The Morgan fingerprint density at radius 3 is 2.32 bits per heavy atom. The molecule has 0 unspecified atom stereocenters. The van der Waals surface area contributed by atoms with E-state index in [-0.39, 0.29) is 35.8 Å². The van der Waals surface area contributed by atoms with Crippen molar-refractivity contribution < 1.29 is 26.7 Å². The molecule has 1 aliphatic rings. The van der Waals surface area contributed by atoms with Crippen LogP contribution in [0.15, 0.2) is 47.4 Å². The Balaban J connectivity index is 1.97. The molecule has 0 heterocycles. The van der Waals surface area contributed by atoms with Crippen LogP contribution < -0.4 is 0 Å². The first-order valence-electron chi connectivity index (χ1n) is 9.86. The first kappa shape index (κ1) is 23.5. The lowest BCUT2D eigenvalue weighted by Crippen LogP contribution is -2.41. The van der Waals surface area contributed by atoms with E-state index in [0.717, 1.165) is 18.2 Å². The molecule has 1 saturated carbocycles. The van der Waals surface area contributed by atoms with Gasteiger partial charge in [-0.05, 0) is 74.1 Å². The average Bonchev–Trinajstić information content (AvgIpc) is 2.74. The molecule has 31 heavy (non-hydrogen) atoms. The summed E-state index contributed by atoms with van der Waals surface area (Å²) in [7, 11) is -0.944.